The fourth-order valence-corrected chi connectivity index (χ4v) is 5.59. The molecule has 6 nitrogen and oxygen atoms in total. The lowest BCUT2D eigenvalue weighted by Crippen LogP contribution is -2.48. The maximum absolute atomic E-state index is 13.2. The highest BCUT2D eigenvalue weighted by atomic mass is 35.5. The molecule has 1 amide bonds. The summed E-state index contributed by atoms with van der Waals surface area (Å²) in [5, 5.41) is 4.18. The molecule has 1 saturated heterocycles. The molecule has 6 rings (SSSR count). The summed E-state index contributed by atoms with van der Waals surface area (Å²) in [6.45, 7) is 7.75. The third-order valence-corrected chi connectivity index (χ3v) is 7.94. The van der Waals surface area contributed by atoms with Gasteiger partial charge >= 0.3 is 0 Å². The van der Waals surface area contributed by atoms with E-state index in [1.54, 1.807) is 0 Å². The van der Waals surface area contributed by atoms with Crippen molar-refractivity contribution in [1.82, 2.24) is 9.88 Å². The Hall–Kier alpha value is -4.03. The molecule has 7 heteroatoms. The number of rotatable bonds is 5. The van der Waals surface area contributed by atoms with Gasteiger partial charge in [-0.25, -0.2) is 4.98 Å². The zero-order valence-electron chi connectivity index (χ0n) is 22.1. The quantitative estimate of drug-likeness (QED) is 0.333. The lowest BCUT2D eigenvalue weighted by atomic mass is 10.0. The van der Waals surface area contributed by atoms with Crippen LogP contribution in [0.5, 0.6) is 0 Å². The zero-order valence-corrected chi connectivity index (χ0v) is 22.9. The first kappa shape index (κ1) is 25.3. The Morgan fingerprint density at radius 2 is 1.67 bits per heavy atom. The molecule has 39 heavy (non-hydrogen) atoms. The number of anilines is 3. The highest BCUT2D eigenvalue weighted by Crippen LogP contribution is 2.33. The van der Waals surface area contributed by atoms with Crippen LogP contribution in [-0.2, 0) is 6.54 Å². The Kier molecular flexibility index (Phi) is 7.12. The topological polar surface area (TPSA) is 51.7 Å². The molecule has 1 aromatic heterocycles. The van der Waals surface area contributed by atoms with Crippen molar-refractivity contribution in [2.75, 3.05) is 54.4 Å². The molecule has 0 spiro atoms. The zero-order chi connectivity index (χ0) is 26.8. The second-order valence-electron chi connectivity index (χ2n) is 10.2. The summed E-state index contributed by atoms with van der Waals surface area (Å²) in [4.78, 5) is 24.6. The first-order valence-electron chi connectivity index (χ1n) is 13.5. The average Bonchev–Trinajstić information content (AvgIpc) is 2.99. The summed E-state index contributed by atoms with van der Waals surface area (Å²) in [5.41, 5.74) is 7.52. The molecule has 0 saturated carbocycles. The number of amides is 1. The number of benzene rings is 3. The summed E-state index contributed by atoms with van der Waals surface area (Å²) in [7, 11) is 0. The summed E-state index contributed by atoms with van der Waals surface area (Å²) in [6.07, 6.45) is 1.90. The molecule has 0 atom stereocenters. The Bertz CT molecular complexity index is 1470. The van der Waals surface area contributed by atoms with Gasteiger partial charge in [0.05, 0.1) is 5.69 Å². The molecule has 1 N–H and O–H groups in total. The molecule has 3 heterocycles. The monoisotopic (exact) mass is 537 g/mol. The van der Waals surface area contributed by atoms with Crippen molar-refractivity contribution in [3.8, 4) is 11.1 Å². The molecule has 3 aromatic carbocycles. The van der Waals surface area contributed by atoms with Crippen LogP contribution >= 0.6 is 11.6 Å². The van der Waals surface area contributed by atoms with E-state index in [1.807, 2.05) is 53.6 Å². The van der Waals surface area contributed by atoms with E-state index in [2.05, 4.69) is 58.4 Å². The van der Waals surface area contributed by atoms with Crippen LogP contribution in [0.1, 0.15) is 21.5 Å². The normalized spacial score (nSPS) is 15.1. The number of nitrogens with zero attached hydrogens (tertiary/aromatic N) is 4. The molecule has 2 aliphatic rings. The summed E-state index contributed by atoms with van der Waals surface area (Å²) in [6, 6.07) is 26.6. The van der Waals surface area contributed by atoms with Gasteiger partial charge in [0.15, 0.2) is 0 Å². The Balaban J connectivity index is 1.16. The van der Waals surface area contributed by atoms with Crippen molar-refractivity contribution in [3.63, 3.8) is 0 Å². The molecular weight excluding hydrogens is 506 g/mol. The Morgan fingerprint density at radius 3 is 2.44 bits per heavy atom. The van der Waals surface area contributed by atoms with Crippen molar-refractivity contribution >= 4 is 34.7 Å². The molecule has 198 valence electrons. The van der Waals surface area contributed by atoms with E-state index in [9.17, 15) is 4.79 Å². The van der Waals surface area contributed by atoms with Crippen molar-refractivity contribution in [1.29, 1.82) is 0 Å². The van der Waals surface area contributed by atoms with Crippen LogP contribution in [0, 0.1) is 6.92 Å². The Labute approximate surface area is 234 Å². The Morgan fingerprint density at radius 1 is 0.897 bits per heavy atom. The summed E-state index contributed by atoms with van der Waals surface area (Å²) in [5.74, 6) is 0.983. The number of fused-ring (bicyclic) bond motifs is 1. The van der Waals surface area contributed by atoms with Gasteiger partial charge in [-0.1, -0.05) is 48.0 Å². The molecule has 1 fully saturated rings. The molecule has 0 bridgehead atoms. The fraction of sp³-hybridized carbons (Fsp3) is 0.250. The second-order valence-corrected chi connectivity index (χ2v) is 10.6. The fourth-order valence-electron chi connectivity index (χ4n) is 5.39. The van der Waals surface area contributed by atoms with E-state index in [0.29, 0.717) is 0 Å². The average molecular weight is 538 g/mol. The SMILES string of the molecule is Cc1ccc(Cl)cc1CN1CCNc2ncc(-c3ccc(C(=O)N4CCN(c5ccccc5)CC4)cc3)cc21. The number of hydrogen-bond acceptors (Lipinski definition) is 5. The van der Waals surface area contributed by atoms with Crippen LogP contribution in [0.3, 0.4) is 0 Å². The van der Waals surface area contributed by atoms with Crippen LogP contribution in [0.15, 0.2) is 85.1 Å². The number of piperazine rings is 1. The number of aromatic nitrogens is 1. The largest absolute Gasteiger partial charge is 0.368 e. The number of hydrogen-bond donors (Lipinski definition) is 1. The molecule has 0 unspecified atom stereocenters. The van der Waals surface area contributed by atoms with Crippen molar-refractivity contribution < 1.29 is 4.79 Å². The molecule has 0 aliphatic carbocycles. The van der Waals surface area contributed by atoms with E-state index in [1.165, 1.54) is 16.8 Å². The number of carbonyl (C=O) groups excluding carboxylic acids is 1. The second kappa shape index (κ2) is 11.0. The van der Waals surface area contributed by atoms with E-state index >= 15 is 0 Å². The van der Waals surface area contributed by atoms with Crippen LogP contribution in [0.2, 0.25) is 5.02 Å². The highest BCUT2D eigenvalue weighted by Gasteiger charge is 2.23. The first-order chi connectivity index (χ1) is 19.0. The number of pyridine rings is 1. The van der Waals surface area contributed by atoms with Gasteiger partial charge in [-0.15, -0.1) is 0 Å². The van der Waals surface area contributed by atoms with Gasteiger partial charge in [-0.05, 0) is 66.1 Å². The molecule has 0 radical (unpaired) electrons. The van der Waals surface area contributed by atoms with E-state index in [-0.39, 0.29) is 5.91 Å². The van der Waals surface area contributed by atoms with E-state index in [4.69, 9.17) is 16.6 Å². The molecule has 2 aliphatic heterocycles. The number of para-hydroxylation sites is 1. The smallest absolute Gasteiger partial charge is 0.253 e. The van der Waals surface area contributed by atoms with Gasteiger partial charge in [0, 0.05) is 73.8 Å². The van der Waals surface area contributed by atoms with Gasteiger partial charge in [0.1, 0.15) is 5.82 Å². The minimum Gasteiger partial charge on any atom is -0.368 e. The highest BCUT2D eigenvalue weighted by molar-refractivity contribution is 6.30. The van der Waals surface area contributed by atoms with E-state index in [0.717, 1.165) is 79.0 Å². The van der Waals surface area contributed by atoms with Crippen molar-refractivity contribution in [2.24, 2.45) is 0 Å². The number of aryl methyl sites for hydroxylation is 1. The van der Waals surface area contributed by atoms with Gasteiger partial charge in [-0.3, -0.25) is 4.79 Å². The summed E-state index contributed by atoms with van der Waals surface area (Å²) >= 11 is 6.28. The van der Waals surface area contributed by atoms with Crippen molar-refractivity contribution in [2.45, 2.75) is 13.5 Å². The maximum Gasteiger partial charge on any atom is 0.253 e. The van der Waals surface area contributed by atoms with Gasteiger partial charge in [0.25, 0.3) is 5.91 Å². The lowest BCUT2D eigenvalue weighted by Gasteiger charge is -2.36. The molecule has 4 aromatic rings. The third kappa shape index (κ3) is 5.43. The van der Waals surface area contributed by atoms with Crippen LogP contribution in [0.25, 0.3) is 11.1 Å². The van der Waals surface area contributed by atoms with E-state index < -0.39 is 0 Å². The van der Waals surface area contributed by atoms with Crippen molar-refractivity contribution in [3.05, 3.63) is 107 Å². The lowest BCUT2D eigenvalue weighted by molar-refractivity contribution is 0.0747. The van der Waals surface area contributed by atoms with Gasteiger partial charge < -0.3 is 20.0 Å². The number of nitrogens with one attached hydrogen (secondary N) is 1. The maximum atomic E-state index is 13.2. The number of carbonyl (C=O) groups is 1. The first-order valence-corrected chi connectivity index (χ1v) is 13.9. The predicted molar refractivity (Wildman–Crippen MR) is 160 cm³/mol. The molecular formula is C32H32ClN5O. The van der Waals surface area contributed by atoms with Crippen LogP contribution < -0.4 is 15.1 Å². The standard InChI is InChI=1S/C32H32ClN5O/c1-23-7-12-28(33)19-27(23)22-38-14-13-34-31-30(38)20-26(21-35-31)24-8-10-25(11-9-24)32(39)37-17-15-36(16-18-37)29-5-3-2-4-6-29/h2-12,19-21H,13-18,22H2,1H3,(H,34,35). The minimum absolute atomic E-state index is 0.0881. The predicted octanol–water partition coefficient (Wildman–Crippen LogP) is 6.10. The summed E-state index contributed by atoms with van der Waals surface area (Å²) < 4.78 is 0. The number of halogens is 1. The van der Waals surface area contributed by atoms with Crippen LogP contribution in [-0.4, -0.2) is 55.1 Å². The van der Waals surface area contributed by atoms with Crippen LogP contribution in [0.4, 0.5) is 17.2 Å². The minimum atomic E-state index is 0.0881. The van der Waals surface area contributed by atoms with Gasteiger partial charge in [0.2, 0.25) is 0 Å². The third-order valence-electron chi connectivity index (χ3n) is 7.71. The van der Waals surface area contributed by atoms with Gasteiger partial charge in [-0.2, -0.15) is 0 Å².